The molecule has 3 heterocycles. The van der Waals surface area contributed by atoms with Gasteiger partial charge in [0.05, 0.1) is 18.4 Å². The van der Waals surface area contributed by atoms with Crippen molar-refractivity contribution >= 4 is 23.8 Å². The van der Waals surface area contributed by atoms with Crippen molar-refractivity contribution in [1.29, 1.82) is 0 Å². The maximum atomic E-state index is 12.7. The van der Waals surface area contributed by atoms with Gasteiger partial charge in [-0.05, 0) is 37.3 Å². The number of ether oxygens (including phenoxy) is 3. The van der Waals surface area contributed by atoms with Gasteiger partial charge in [0.15, 0.2) is 11.5 Å². The summed E-state index contributed by atoms with van der Waals surface area (Å²) in [7, 11) is 0. The first-order valence-electron chi connectivity index (χ1n) is 9.19. The molecule has 0 radical (unpaired) electrons. The lowest BCUT2D eigenvalue weighted by Gasteiger charge is -2.27. The summed E-state index contributed by atoms with van der Waals surface area (Å²) in [6.45, 7) is 3.00. The van der Waals surface area contributed by atoms with Gasteiger partial charge in [-0.1, -0.05) is 0 Å². The first-order valence-corrected chi connectivity index (χ1v) is 10.2. The van der Waals surface area contributed by atoms with Crippen LogP contribution in [0.3, 0.4) is 0 Å². The normalized spacial score (nSPS) is 18.1. The third-order valence-corrected chi connectivity index (χ3v) is 5.39. The van der Waals surface area contributed by atoms with E-state index in [1.807, 2.05) is 18.2 Å². The number of rotatable bonds is 6. The van der Waals surface area contributed by atoms with Crippen LogP contribution in [0.25, 0.3) is 0 Å². The molecule has 2 aromatic rings. The van der Waals surface area contributed by atoms with E-state index >= 15 is 0 Å². The summed E-state index contributed by atoms with van der Waals surface area (Å²) >= 11 is 1.47. The molecule has 0 spiro atoms. The Morgan fingerprint density at radius 1 is 1.24 bits per heavy atom. The fraction of sp³-hybridized carbons (Fsp3) is 0.300. The molecule has 2 aliphatic rings. The number of thioether (sulfide) groups is 1. The summed E-state index contributed by atoms with van der Waals surface area (Å²) in [4.78, 5) is 25.8. The smallest absolute Gasteiger partial charge is 0.338 e. The molecular formula is C20H20N2O6S. The van der Waals surface area contributed by atoms with Crippen molar-refractivity contribution in [2.45, 2.75) is 17.9 Å². The minimum atomic E-state index is -0.714. The number of hydrogen-bond donors (Lipinski definition) is 2. The van der Waals surface area contributed by atoms with Gasteiger partial charge in [0.1, 0.15) is 25.0 Å². The van der Waals surface area contributed by atoms with Crippen LogP contribution < -0.4 is 20.1 Å². The second kappa shape index (κ2) is 8.52. The Labute approximate surface area is 171 Å². The van der Waals surface area contributed by atoms with Gasteiger partial charge in [-0.25, -0.2) is 9.59 Å². The van der Waals surface area contributed by atoms with E-state index < -0.39 is 18.0 Å². The third-order valence-electron chi connectivity index (χ3n) is 4.37. The summed E-state index contributed by atoms with van der Waals surface area (Å²) in [5.41, 5.74) is 0.805. The van der Waals surface area contributed by atoms with Crippen LogP contribution in [0.15, 0.2) is 57.2 Å². The van der Waals surface area contributed by atoms with Crippen molar-refractivity contribution < 1.29 is 28.2 Å². The molecule has 2 N–H and O–H groups in total. The number of furan rings is 1. The molecule has 1 unspecified atom stereocenters. The van der Waals surface area contributed by atoms with Crippen LogP contribution in [0, 0.1) is 0 Å². The van der Waals surface area contributed by atoms with Crippen molar-refractivity contribution in [1.82, 2.24) is 10.6 Å². The molecule has 0 aliphatic carbocycles. The van der Waals surface area contributed by atoms with Crippen molar-refractivity contribution in [3.05, 3.63) is 53.6 Å². The average Bonchev–Trinajstić information content (AvgIpc) is 3.26. The van der Waals surface area contributed by atoms with E-state index in [0.717, 1.165) is 4.90 Å². The molecule has 8 nitrogen and oxygen atoms in total. The highest BCUT2D eigenvalue weighted by atomic mass is 32.2. The minimum absolute atomic E-state index is 0.226. The predicted octanol–water partition coefficient (Wildman–Crippen LogP) is 3.01. The number of nitrogens with one attached hydrogen (secondary N) is 2. The second-order valence-electron chi connectivity index (χ2n) is 6.25. The van der Waals surface area contributed by atoms with Gasteiger partial charge in [0.2, 0.25) is 0 Å². The molecule has 1 aromatic heterocycles. The molecule has 0 saturated heterocycles. The molecule has 4 rings (SSSR count). The highest BCUT2D eigenvalue weighted by Crippen LogP contribution is 2.36. The fourth-order valence-electron chi connectivity index (χ4n) is 3.12. The maximum Gasteiger partial charge on any atom is 0.338 e. The van der Waals surface area contributed by atoms with Crippen LogP contribution >= 0.6 is 11.8 Å². The van der Waals surface area contributed by atoms with Crippen LogP contribution in [-0.4, -0.2) is 37.6 Å². The van der Waals surface area contributed by atoms with Gasteiger partial charge in [-0.15, -0.1) is 11.8 Å². The number of amides is 2. The zero-order valence-corrected chi connectivity index (χ0v) is 16.5. The largest absolute Gasteiger partial charge is 0.486 e. The van der Waals surface area contributed by atoms with Crippen molar-refractivity contribution in [3.63, 3.8) is 0 Å². The van der Waals surface area contributed by atoms with Crippen LogP contribution in [0.5, 0.6) is 11.5 Å². The summed E-state index contributed by atoms with van der Waals surface area (Å²) < 4.78 is 21.8. The lowest BCUT2D eigenvalue weighted by molar-refractivity contribution is -0.139. The Balaban J connectivity index is 1.61. The Bertz CT molecular complexity index is 940. The quantitative estimate of drug-likeness (QED) is 0.552. The molecule has 0 fully saturated rings. The predicted molar refractivity (Wildman–Crippen MR) is 105 cm³/mol. The van der Waals surface area contributed by atoms with Gasteiger partial charge in [0.25, 0.3) is 0 Å². The Kier molecular flexibility index (Phi) is 5.66. The lowest BCUT2D eigenvalue weighted by atomic mass is 10.0. The van der Waals surface area contributed by atoms with Crippen LogP contribution in [0.1, 0.15) is 18.7 Å². The topological polar surface area (TPSA) is 99.0 Å². The van der Waals surface area contributed by atoms with Crippen LogP contribution in [0.2, 0.25) is 0 Å². The average molecular weight is 416 g/mol. The number of fused-ring (bicyclic) bond motifs is 1. The highest BCUT2D eigenvalue weighted by Gasteiger charge is 2.35. The Morgan fingerprint density at radius 2 is 2.07 bits per heavy atom. The SMILES string of the molecule is CCOC(=O)C1=C(CSc2ccc3c(c2)OCCO3)NC(=O)NC1c1ccco1. The van der Waals surface area contributed by atoms with E-state index in [2.05, 4.69) is 10.6 Å². The van der Waals surface area contributed by atoms with Gasteiger partial charge >= 0.3 is 12.0 Å². The molecule has 0 bridgehead atoms. The molecule has 152 valence electrons. The second-order valence-corrected chi connectivity index (χ2v) is 7.30. The van der Waals surface area contributed by atoms with Crippen molar-refractivity contribution in [2.75, 3.05) is 25.6 Å². The monoisotopic (exact) mass is 416 g/mol. The number of hydrogen-bond acceptors (Lipinski definition) is 7. The molecular weight excluding hydrogens is 396 g/mol. The van der Waals surface area contributed by atoms with Crippen LogP contribution in [0.4, 0.5) is 4.79 Å². The standard InChI is InChI=1S/C20H20N2O6S/c1-2-25-19(23)17-13(21-20(24)22-18(17)15-4-3-7-26-15)11-29-12-5-6-14-16(10-12)28-9-8-27-14/h3-7,10,18H,2,8-9,11H2,1H3,(H2,21,22,24). The third kappa shape index (κ3) is 4.19. The summed E-state index contributed by atoms with van der Waals surface area (Å²) in [6.07, 6.45) is 1.50. The zero-order valence-electron chi connectivity index (χ0n) is 15.7. The molecule has 9 heteroatoms. The maximum absolute atomic E-state index is 12.7. The summed E-state index contributed by atoms with van der Waals surface area (Å²) in [5.74, 6) is 1.71. The number of carbonyl (C=O) groups is 2. The fourth-order valence-corrected chi connectivity index (χ4v) is 4.01. The molecule has 2 aliphatic heterocycles. The molecule has 1 atom stereocenters. The first kappa shape index (κ1) is 19.3. The van der Waals surface area contributed by atoms with E-state index in [0.29, 0.717) is 47.5 Å². The Morgan fingerprint density at radius 3 is 2.83 bits per heavy atom. The first-order chi connectivity index (χ1) is 14.2. The van der Waals surface area contributed by atoms with E-state index in [-0.39, 0.29) is 6.61 Å². The van der Waals surface area contributed by atoms with E-state index in [1.165, 1.54) is 18.0 Å². The molecule has 2 amide bonds. The number of urea groups is 1. The number of carbonyl (C=O) groups excluding carboxylic acids is 2. The number of benzene rings is 1. The molecule has 0 saturated carbocycles. The van der Waals surface area contributed by atoms with Gasteiger partial charge in [-0.2, -0.15) is 0 Å². The molecule has 1 aromatic carbocycles. The van der Waals surface area contributed by atoms with Crippen molar-refractivity contribution in [3.8, 4) is 11.5 Å². The highest BCUT2D eigenvalue weighted by molar-refractivity contribution is 7.99. The Hall–Kier alpha value is -3.07. The lowest BCUT2D eigenvalue weighted by Crippen LogP contribution is -2.46. The van der Waals surface area contributed by atoms with Gasteiger partial charge in [-0.3, -0.25) is 0 Å². The van der Waals surface area contributed by atoms with E-state index in [1.54, 1.807) is 19.1 Å². The summed E-state index contributed by atoms with van der Waals surface area (Å²) in [6, 6.07) is 7.94. The van der Waals surface area contributed by atoms with E-state index in [4.69, 9.17) is 18.6 Å². The van der Waals surface area contributed by atoms with Crippen LogP contribution in [-0.2, 0) is 9.53 Å². The minimum Gasteiger partial charge on any atom is -0.486 e. The van der Waals surface area contributed by atoms with Gasteiger partial charge < -0.3 is 29.3 Å². The van der Waals surface area contributed by atoms with Crippen molar-refractivity contribution in [2.24, 2.45) is 0 Å². The zero-order chi connectivity index (χ0) is 20.2. The van der Waals surface area contributed by atoms with E-state index in [9.17, 15) is 9.59 Å². The number of esters is 1. The summed E-state index contributed by atoms with van der Waals surface area (Å²) in [5, 5.41) is 5.47. The molecule has 29 heavy (non-hydrogen) atoms. The van der Waals surface area contributed by atoms with Gasteiger partial charge in [0, 0.05) is 16.3 Å².